The number of nitrogens with zero attached hydrogens (tertiary/aromatic N) is 1. The molecule has 0 aromatic carbocycles. The van der Waals surface area contributed by atoms with Gasteiger partial charge in [-0.2, -0.15) is 0 Å². The Labute approximate surface area is 113 Å². The zero-order valence-electron chi connectivity index (χ0n) is 12.1. The van der Waals surface area contributed by atoms with Gasteiger partial charge < -0.3 is 19.5 Å². The molecule has 1 N–H and O–H groups in total. The van der Waals surface area contributed by atoms with E-state index in [0.29, 0.717) is 26.0 Å². The second-order valence-corrected chi connectivity index (χ2v) is 5.98. The van der Waals surface area contributed by atoms with Gasteiger partial charge in [-0.25, -0.2) is 4.79 Å². The third-order valence-electron chi connectivity index (χ3n) is 3.24. The Morgan fingerprint density at radius 3 is 2.47 bits per heavy atom. The van der Waals surface area contributed by atoms with E-state index in [1.54, 1.807) is 20.8 Å². The molecule has 110 valence electrons. The maximum atomic E-state index is 11.9. The van der Waals surface area contributed by atoms with Crippen molar-refractivity contribution in [2.24, 2.45) is 5.41 Å². The summed E-state index contributed by atoms with van der Waals surface area (Å²) < 4.78 is 10.2. The topological polar surface area (TPSA) is 76.1 Å². The van der Waals surface area contributed by atoms with Gasteiger partial charge in [-0.1, -0.05) is 0 Å². The SMILES string of the molecule is COCC[C@@]1(C(=O)O)CCN(C(=O)OC(C)(C)C)C1. The van der Waals surface area contributed by atoms with Crippen LogP contribution in [-0.4, -0.2) is 54.5 Å². The molecule has 1 heterocycles. The number of carboxylic acids is 1. The summed E-state index contributed by atoms with van der Waals surface area (Å²) in [6, 6.07) is 0. The molecule has 6 heteroatoms. The Balaban J connectivity index is 2.68. The fourth-order valence-corrected chi connectivity index (χ4v) is 2.14. The smallest absolute Gasteiger partial charge is 0.410 e. The first kappa shape index (κ1) is 15.8. The van der Waals surface area contributed by atoms with Crippen LogP contribution in [0.4, 0.5) is 4.79 Å². The highest BCUT2D eigenvalue weighted by molar-refractivity contribution is 5.78. The van der Waals surface area contributed by atoms with Gasteiger partial charge >= 0.3 is 12.1 Å². The molecule has 1 saturated heterocycles. The van der Waals surface area contributed by atoms with Gasteiger partial charge in [0, 0.05) is 26.8 Å². The molecule has 1 aliphatic heterocycles. The first-order chi connectivity index (χ1) is 8.70. The number of hydrogen-bond acceptors (Lipinski definition) is 4. The van der Waals surface area contributed by atoms with E-state index in [-0.39, 0.29) is 6.54 Å². The first-order valence-electron chi connectivity index (χ1n) is 6.40. The number of aliphatic carboxylic acids is 1. The third kappa shape index (κ3) is 4.09. The van der Waals surface area contributed by atoms with Crippen LogP contribution in [0.3, 0.4) is 0 Å². The van der Waals surface area contributed by atoms with Crippen LogP contribution in [0.15, 0.2) is 0 Å². The number of carbonyl (C=O) groups excluding carboxylic acids is 1. The summed E-state index contributed by atoms with van der Waals surface area (Å²) in [7, 11) is 1.54. The van der Waals surface area contributed by atoms with Gasteiger partial charge in [-0.3, -0.25) is 4.79 Å². The Kier molecular flexibility index (Phi) is 4.79. The van der Waals surface area contributed by atoms with Crippen molar-refractivity contribution in [2.45, 2.75) is 39.2 Å². The van der Waals surface area contributed by atoms with E-state index in [0.717, 1.165) is 0 Å². The van der Waals surface area contributed by atoms with Gasteiger partial charge in [0.25, 0.3) is 0 Å². The number of amides is 1. The lowest BCUT2D eigenvalue weighted by Crippen LogP contribution is -2.40. The van der Waals surface area contributed by atoms with Gasteiger partial charge in [0.15, 0.2) is 0 Å². The van der Waals surface area contributed by atoms with Crippen LogP contribution >= 0.6 is 0 Å². The van der Waals surface area contributed by atoms with Crippen LogP contribution in [-0.2, 0) is 14.3 Å². The first-order valence-corrected chi connectivity index (χ1v) is 6.40. The fraction of sp³-hybridized carbons (Fsp3) is 0.846. The number of methoxy groups -OCH3 is 1. The van der Waals surface area contributed by atoms with E-state index in [9.17, 15) is 14.7 Å². The standard InChI is InChI=1S/C13H23NO5/c1-12(2,3)19-11(17)14-7-5-13(9-14,10(15)16)6-8-18-4/h5-9H2,1-4H3,(H,15,16)/t13-/m0/s1. The van der Waals surface area contributed by atoms with E-state index < -0.39 is 23.1 Å². The highest BCUT2D eigenvalue weighted by Gasteiger charge is 2.46. The second kappa shape index (κ2) is 5.77. The van der Waals surface area contributed by atoms with Crippen LogP contribution in [0.25, 0.3) is 0 Å². The number of likely N-dealkylation sites (tertiary alicyclic amines) is 1. The Hall–Kier alpha value is -1.30. The number of ether oxygens (including phenoxy) is 2. The lowest BCUT2D eigenvalue weighted by molar-refractivity contribution is -0.149. The van der Waals surface area contributed by atoms with Gasteiger partial charge in [0.1, 0.15) is 5.60 Å². The van der Waals surface area contributed by atoms with Crippen LogP contribution in [0.2, 0.25) is 0 Å². The van der Waals surface area contributed by atoms with Crippen molar-refractivity contribution in [3.63, 3.8) is 0 Å². The Morgan fingerprint density at radius 2 is 2.00 bits per heavy atom. The predicted octanol–water partition coefficient (Wildman–Crippen LogP) is 1.73. The third-order valence-corrected chi connectivity index (χ3v) is 3.24. The number of hydrogen-bond donors (Lipinski definition) is 1. The zero-order chi connectivity index (χ0) is 14.7. The minimum atomic E-state index is -0.910. The van der Waals surface area contributed by atoms with Crippen LogP contribution in [0.5, 0.6) is 0 Å². The van der Waals surface area contributed by atoms with Crippen LogP contribution in [0, 0.1) is 5.41 Å². The molecule has 0 radical (unpaired) electrons. The summed E-state index contributed by atoms with van der Waals surface area (Å²) in [5.74, 6) is -0.879. The van der Waals surface area contributed by atoms with Crippen molar-refractivity contribution in [2.75, 3.05) is 26.8 Å². The maximum Gasteiger partial charge on any atom is 0.410 e. The minimum Gasteiger partial charge on any atom is -0.481 e. The van der Waals surface area contributed by atoms with E-state index in [2.05, 4.69) is 0 Å². The molecule has 0 aromatic heterocycles. The molecule has 0 aromatic rings. The minimum absolute atomic E-state index is 0.181. The number of carboxylic acid groups (broad SMARTS) is 1. The molecule has 1 amide bonds. The lowest BCUT2D eigenvalue weighted by Gasteiger charge is -2.26. The molecule has 1 atom stereocenters. The zero-order valence-corrected chi connectivity index (χ0v) is 12.1. The summed E-state index contributed by atoms with van der Waals surface area (Å²) in [5, 5.41) is 9.39. The van der Waals surface area contributed by atoms with Crippen LogP contribution < -0.4 is 0 Å². The summed E-state index contributed by atoms with van der Waals surface area (Å²) >= 11 is 0. The lowest BCUT2D eigenvalue weighted by atomic mass is 9.84. The van der Waals surface area contributed by atoms with E-state index in [1.165, 1.54) is 12.0 Å². The Morgan fingerprint density at radius 1 is 1.37 bits per heavy atom. The monoisotopic (exact) mass is 273 g/mol. The average molecular weight is 273 g/mol. The van der Waals surface area contributed by atoms with Gasteiger partial charge in [-0.05, 0) is 33.6 Å². The molecule has 6 nitrogen and oxygen atoms in total. The van der Waals surface area contributed by atoms with Crippen molar-refractivity contribution < 1.29 is 24.2 Å². The summed E-state index contributed by atoms with van der Waals surface area (Å²) in [6.07, 6.45) is 0.385. The molecule has 19 heavy (non-hydrogen) atoms. The summed E-state index contributed by atoms with van der Waals surface area (Å²) in [6.45, 7) is 6.32. The molecular formula is C13H23NO5. The van der Waals surface area contributed by atoms with Crippen molar-refractivity contribution in [3.8, 4) is 0 Å². The quantitative estimate of drug-likeness (QED) is 0.844. The fourth-order valence-electron chi connectivity index (χ4n) is 2.14. The number of carbonyl (C=O) groups is 2. The Bertz CT molecular complexity index is 349. The molecule has 0 spiro atoms. The normalized spacial score (nSPS) is 23.5. The van der Waals surface area contributed by atoms with Crippen LogP contribution in [0.1, 0.15) is 33.6 Å². The van der Waals surface area contributed by atoms with Gasteiger partial charge in [0.2, 0.25) is 0 Å². The maximum absolute atomic E-state index is 11.9. The molecule has 1 fully saturated rings. The summed E-state index contributed by atoms with van der Waals surface area (Å²) in [5.41, 5.74) is -1.48. The van der Waals surface area contributed by atoms with E-state index in [4.69, 9.17) is 9.47 Å². The van der Waals surface area contributed by atoms with E-state index >= 15 is 0 Å². The molecule has 0 saturated carbocycles. The molecule has 1 aliphatic rings. The second-order valence-electron chi connectivity index (χ2n) is 5.98. The highest BCUT2D eigenvalue weighted by atomic mass is 16.6. The highest BCUT2D eigenvalue weighted by Crippen LogP contribution is 2.35. The van der Waals surface area contributed by atoms with Gasteiger partial charge in [0.05, 0.1) is 5.41 Å². The van der Waals surface area contributed by atoms with Crippen molar-refractivity contribution in [1.29, 1.82) is 0 Å². The molecule has 0 unspecified atom stereocenters. The summed E-state index contributed by atoms with van der Waals surface area (Å²) in [4.78, 5) is 24.8. The van der Waals surface area contributed by atoms with Crippen molar-refractivity contribution >= 4 is 12.1 Å². The predicted molar refractivity (Wildman–Crippen MR) is 69.0 cm³/mol. The molecule has 0 bridgehead atoms. The largest absolute Gasteiger partial charge is 0.481 e. The van der Waals surface area contributed by atoms with Crippen molar-refractivity contribution in [1.82, 2.24) is 4.90 Å². The van der Waals surface area contributed by atoms with E-state index in [1.807, 2.05) is 0 Å². The number of rotatable bonds is 4. The molecular weight excluding hydrogens is 250 g/mol. The average Bonchev–Trinajstić information content (AvgIpc) is 2.69. The molecule has 0 aliphatic carbocycles. The molecule has 1 rings (SSSR count). The van der Waals surface area contributed by atoms with Gasteiger partial charge in [-0.15, -0.1) is 0 Å². The van der Waals surface area contributed by atoms with Crippen molar-refractivity contribution in [3.05, 3.63) is 0 Å².